The van der Waals surface area contributed by atoms with Crippen LogP contribution in [0.15, 0.2) is 6.20 Å². The van der Waals surface area contributed by atoms with Crippen molar-refractivity contribution in [1.82, 2.24) is 20.2 Å². The van der Waals surface area contributed by atoms with E-state index < -0.39 is 0 Å². The highest BCUT2D eigenvalue weighted by molar-refractivity contribution is 7.99. The van der Waals surface area contributed by atoms with Crippen molar-refractivity contribution in [3.63, 3.8) is 0 Å². The normalized spacial score (nSPS) is 12.6. The van der Waals surface area contributed by atoms with Gasteiger partial charge in [-0.1, -0.05) is 6.92 Å². The van der Waals surface area contributed by atoms with Gasteiger partial charge in [-0.25, -0.2) is 0 Å². The summed E-state index contributed by atoms with van der Waals surface area (Å²) >= 11 is 1.96. The molecular formula is C12H20N6S. The number of nitrogens with one attached hydrogen (secondary N) is 3. The van der Waals surface area contributed by atoms with Crippen LogP contribution in [0.5, 0.6) is 0 Å². The Morgan fingerprint density at radius 1 is 1.42 bits per heavy atom. The van der Waals surface area contributed by atoms with Gasteiger partial charge in [0.05, 0.1) is 11.6 Å². The Hall–Kier alpha value is -1.50. The molecule has 0 radical (unpaired) electrons. The minimum Gasteiger partial charge on any atom is -0.367 e. The zero-order valence-electron chi connectivity index (χ0n) is 11.5. The maximum absolute atomic E-state index is 4.46. The third-order valence-electron chi connectivity index (χ3n) is 2.82. The fourth-order valence-corrected chi connectivity index (χ4v) is 2.58. The molecule has 2 heterocycles. The number of hydrogen-bond acceptors (Lipinski definition) is 6. The van der Waals surface area contributed by atoms with Gasteiger partial charge in [0.1, 0.15) is 5.82 Å². The summed E-state index contributed by atoms with van der Waals surface area (Å²) in [6.07, 6.45) is 2.86. The second-order valence-electron chi connectivity index (χ2n) is 4.31. The molecule has 0 amide bonds. The van der Waals surface area contributed by atoms with Crippen LogP contribution < -0.4 is 10.6 Å². The van der Waals surface area contributed by atoms with E-state index in [0.29, 0.717) is 12.0 Å². The number of aromatic amines is 1. The standard InChI is InChI=1S/C12H20N6S/c1-4-19-6-5-8(2)15-10-9-7-14-18-11(9)17-12(13-3)16-10/h7-8H,4-6H2,1-3H3,(H3,13,14,15,16,17,18). The lowest BCUT2D eigenvalue weighted by Gasteiger charge is -2.15. The van der Waals surface area contributed by atoms with E-state index >= 15 is 0 Å². The fourth-order valence-electron chi connectivity index (χ4n) is 1.77. The van der Waals surface area contributed by atoms with E-state index in [2.05, 4.69) is 44.6 Å². The summed E-state index contributed by atoms with van der Waals surface area (Å²) in [5, 5.41) is 14.2. The molecule has 0 aromatic carbocycles. The summed E-state index contributed by atoms with van der Waals surface area (Å²) < 4.78 is 0. The SMILES string of the molecule is CCSCCC(C)Nc1nc(NC)nc2[nH]ncc12. The van der Waals surface area contributed by atoms with Gasteiger partial charge >= 0.3 is 0 Å². The predicted molar refractivity (Wildman–Crippen MR) is 81.9 cm³/mol. The van der Waals surface area contributed by atoms with Crippen LogP contribution in [-0.4, -0.2) is 44.8 Å². The number of anilines is 2. The molecule has 19 heavy (non-hydrogen) atoms. The molecule has 3 N–H and O–H groups in total. The fraction of sp³-hybridized carbons (Fsp3) is 0.583. The number of aromatic nitrogens is 4. The molecule has 0 aliphatic rings. The first kappa shape index (κ1) is 13.9. The Labute approximate surface area is 117 Å². The summed E-state index contributed by atoms with van der Waals surface area (Å²) in [6, 6.07) is 0.372. The molecular weight excluding hydrogens is 260 g/mol. The lowest BCUT2D eigenvalue weighted by molar-refractivity contribution is 0.768. The minimum absolute atomic E-state index is 0.372. The van der Waals surface area contributed by atoms with Crippen molar-refractivity contribution in [2.24, 2.45) is 0 Å². The minimum atomic E-state index is 0.372. The van der Waals surface area contributed by atoms with Crippen LogP contribution in [0.4, 0.5) is 11.8 Å². The van der Waals surface area contributed by atoms with Crippen LogP contribution >= 0.6 is 11.8 Å². The number of thioether (sulfide) groups is 1. The molecule has 0 aliphatic carbocycles. The van der Waals surface area contributed by atoms with Crippen LogP contribution in [0.2, 0.25) is 0 Å². The van der Waals surface area contributed by atoms with E-state index in [9.17, 15) is 0 Å². The van der Waals surface area contributed by atoms with Crippen molar-refractivity contribution in [3.05, 3.63) is 6.20 Å². The lowest BCUT2D eigenvalue weighted by Crippen LogP contribution is -2.17. The molecule has 7 heteroatoms. The third kappa shape index (κ3) is 3.50. The number of fused-ring (bicyclic) bond motifs is 1. The molecule has 0 saturated carbocycles. The first-order valence-electron chi connectivity index (χ1n) is 6.47. The molecule has 6 nitrogen and oxygen atoms in total. The van der Waals surface area contributed by atoms with Crippen molar-refractivity contribution < 1.29 is 0 Å². The van der Waals surface area contributed by atoms with Gasteiger partial charge in [0.2, 0.25) is 5.95 Å². The Morgan fingerprint density at radius 3 is 3.00 bits per heavy atom. The van der Waals surface area contributed by atoms with Crippen molar-refractivity contribution in [2.75, 3.05) is 29.2 Å². The lowest BCUT2D eigenvalue weighted by atomic mass is 10.2. The van der Waals surface area contributed by atoms with Gasteiger partial charge in [-0.15, -0.1) is 0 Å². The number of rotatable bonds is 7. The first-order valence-corrected chi connectivity index (χ1v) is 7.63. The van der Waals surface area contributed by atoms with Gasteiger partial charge in [-0.2, -0.15) is 26.8 Å². The van der Waals surface area contributed by atoms with Crippen LogP contribution in [0.3, 0.4) is 0 Å². The maximum atomic E-state index is 4.46. The van der Waals surface area contributed by atoms with Crippen molar-refractivity contribution in [1.29, 1.82) is 0 Å². The second kappa shape index (κ2) is 6.60. The van der Waals surface area contributed by atoms with Gasteiger partial charge in [0.25, 0.3) is 0 Å². The smallest absolute Gasteiger partial charge is 0.226 e. The largest absolute Gasteiger partial charge is 0.367 e. The molecule has 2 rings (SSSR count). The summed E-state index contributed by atoms with van der Waals surface area (Å²) in [5.74, 6) is 3.74. The van der Waals surface area contributed by atoms with E-state index in [4.69, 9.17) is 0 Å². The van der Waals surface area contributed by atoms with E-state index in [0.717, 1.165) is 34.8 Å². The molecule has 0 aliphatic heterocycles. The average Bonchev–Trinajstić information content (AvgIpc) is 2.87. The van der Waals surface area contributed by atoms with E-state index in [-0.39, 0.29) is 0 Å². The van der Waals surface area contributed by atoms with Gasteiger partial charge in [-0.05, 0) is 24.9 Å². The topological polar surface area (TPSA) is 78.5 Å². The molecule has 0 bridgehead atoms. The summed E-state index contributed by atoms with van der Waals surface area (Å²) in [6.45, 7) is 4.35. The van der Waals surface area contributed by atoms with E-state index in [1.165, 1.54) is 0 Å². The van der Waals surface area contributed by atoms with Crippen LogP contribution in [0.1, 0.15) is 20.3 Å². The van der Waals surface area contributed by atoms with Crippen molar-refractivity contribution in [3.8, 4) is 0 Å². The summed E-state index contributed by atoms with van der Waals surface area (Å²) in [7, 11) is 1.81. The highest BCUT2D eigenvalue weighted by Gasteiger charge is 2.11. The molecule has 0 spiro atoms. The Bertz CT molecular complexity index is 526. The number of hydrogen-bond donors (Lipinski definition) is 3. The Morgan fingerprint density at radius 2 is 2.26 bits per heavy atom. The van der Waals surface area contributed by atoms with E-state index in [1.807, 2.05) is 18.8 Å². The molecule has 0 saturated heterocycles. The molecule has 2 aromatic heterocycles. The molecule has 1 unspecified atom stereocenters. The average molecular weight is 280 g/mol. The van der Waals surface area contributed by atoms with Crippen molar-refractivity contribution in [2.45, 2.75) is 26.3 Å². The van der Waals surface area contributed by atoms with Gasteiger partial charge in [-0.3, -0.25) is 5.10 Å². The predicted octanol–water partition coefficient (Wildman–Crippen LogP) is 2.34. The summed E-state index contributed by atoms with van der Waals surface area (Å²) in [4.78, 5) is 8.77. The van der Waals surface area contributed by atoms with Gasteiger partial charge < -0.3 is 10.6 Å². The molecule has 2 aromatic rings. The highest BCUT2D eigenvalue weighted by Crippen LogP contribution is 2.21. The maximum Gasteiger partial charge on any atom is 0.226 e. The van der Waals surface area contributed by atoms with Gasteiger partial charge in [0, 0.05) is 13.1 Å². The zero-order valence-corrected chi connectivity index (χ0v) is 12.3. The molecule has 0 fully saturated rings. The Balaban J connectivity index is 2.12. The van der Waals surface area contributed by atoms with Crippen LogP contribution in [0, 0.1) is 0 Å². The number of H-pyrrole nitrogens is 1. The third-order valence-corrected chi connectivity index (χ3v) is 3.75. The monoisotopic (exact) mass is 280 g/mol. The van der Waals surface area contributed by atoms with Crippen LogP contribution in [-0.2, 0) is 0 Å². The van der Waals surface area contributed by atoms with E-state index in [1.54, 1.807) is 6.20 Å². The Kier molecular flexibility index (Phi) is 4.84. The summed E-state index contributed by atoms with van der Waals surface area (Å²) in [5.41, 5.74) is 0.747. The van der Waals surface area contributed by atoms with Crippen LogP contribution in [0.25, 0.3) is 11.0 Å². The highest BCUT2D eigenvalue weighted by atomic mass is 32.2. The molecule has 1 atom stereocenters. The quantitative estimate of drug-likeness (QED) is 0.676. The van der Waals surface area contributed by atoms with Crippen molar-refractivity contribution >= 4 is 34.6 Å². The number of nitrogens with zero attached hydrogens (tertiary/aromatic N) is 3. The first-order chi connectivity index (χ1) is 9.24. The van der Waals surface area contributed by atoms with Gasteiger partial charge in [0.15, 0.2) is 5.65 Å². The second-order valence-corrected chi connectivity index (χ2v) is 5.70. The molecule has 104 valence electrons. The zero-order chi connectivity index (χ0) is 13.7.